The van der Waals surface area contributed by atoms with E-state index in [1.807, 2.05) is 66.7 Å². The second kappa shape index (κ2) is 12.2. The van der Waals surface area contributed by atoms with Crippen molar-refractivity contribution in [2.24, 2.45) is 0 Å². The molecule has 1 saturated heterocycles. The molecular weight excluding hydrogens is 484 g/mol. The Morgan fingerprint density at radius 2 is 1.78 bits per heavy atom. The van der Waals surface area contributed by atoms with Crippen LogP contribution < -0.4 is 5.32 Å². The van der Waals surface area contributed by atoms with E-state index in [1.54, 1.807) is 30.1 Å². The average Bonchev–Trinajstić information content (AvgIpc) is 2.97. The van der Waals surface area contributed by atoms with Gasteiger partial charge in [-0.15, -0.1) is 11.8 Å². The Kier molecular flexibility index (Phi) is 8.28. The van der Waals surface area contributed by atoms with Gasteiger partial charge in [0.15, 0.2) is 6.29 Å². The summed E-state index contributed by atoms with van der Waals surface area (Å²) in [5, 5.41) is 12.4. The molecular formula is C30H28N2O4S. The lowest BCUT2D eigenvalue weighted by Gasteiger charge is -2.36. The molecule has 4 aromatic rings. The van der Waals surface area contributed by atoms with Crippen molar-refractivity contribution in [1.29, 1.82) is 0 Å². The number of rotatable bonds is 8. The molecule has 3 aromatic carbocycles. The van der Waals surface area contributed by atoms with Gasteiger partial charge in [-0.05, 0) is 47.5 Å². The molecule has 1 aliphatic rings. The Morgan fingerprint density at radius 3 is 2.54 bits per heavy atom. The molecule has 3 atom stereocenters. The fourth-order valence-electron chi connectivity index (χ4n) is 4.19. The van der Waals surface area contributed by atoms with Gasteiger partial charge in [0, 0.05) is 40.7 Å². The third-order valence-corrected chi connectivity index (χ3v) is 7.28. The number of nitrogens with zero attached hydrogens (tertiary/aromatic N) is 1. The number of nitrogens with one attached hydrogen (secondary N) is 1. The highest BCUT2D eigenvalue weighted by Crippen LogP contribution is 2.39. The van der Waals surface area contributed by atoms with E-state index in [0.717, 1.165) is 22.4 Å². The molecule has 0 radical (unpaired) electrons. The Hall–Kier alpha value is -3.49. The van der Waals surface area contributed by atoms with Crippen LogP contribution in [0.25, 0.3) is 0 Å². The zero-order chi connectivity index (χ0) is 25.5. The van der Waals surface area contributed by atoms with Crippen molar-refractivity contribution in [1.82, 2.24) is 4.98 Å². The number of carbonyl (C=O) groups excluding carboxylic acids is 1. The second-order valence-corrected chi connectivity index (χ2v) is 9.89. The highest BCUT2D eigenvalue weighted by atomic mass is 32.2. The fourth-order valence-corrected chi connectivity index (χ4v) is 5.13. The first-order valence-corrected chi connectivity index (χ1v) is 13.2. The largest absolute Gasteiger partial charge is 0.392 e. The van der Waals surface area contributed by atoms with Crippen molar-refractivity contribution in [3.63, 3.8) is 0 Å². The highest BCUT2D eigenvalue weighted by Gasteiger charge is 2.32. The predicted molar refractivity (Wildman–Crippen MR) is 144 cm³/mol. The molecule has 0 unspecified atom stereocenters. The predicted octanol–water partition coefficient (Wildman–Crippen LogP) is 6.16. The molecule has 1 fully saturated rings. The van der Waals surface area contributed by atoms with Gasteiger partial charge >= 0.3 is 0 Å². The van der Waals surface area contributed by atoms with Gasteiger partial charge in [0.1, 0.15) is 0 Å². The minimum Gasteiger partial charge on any atom is -0.392 e. The summed E-state index contributed by atoms with van der Waals surface area (Å²) in [5.41, 5.74) is 3.88. The number of ether oxygens (including phenoxy) is 2. The van der Waals surface area contributed by atoms with Gasteiger partial charge in [0.25, 0.3) is 5.91 Å². The van der Waals surface area contributed by atoms with E-state index in [2.05, 4.69) is 22.4 Å². The monoisotopic (exact) mass is 512 g/mol. The number of amides is 1. The molecule has 5 rings (SSSR count). The van der Waals surface area contributed by atoms with Crippen LogP contribution in [0.1, 0.15) is 45.9 Å². The van der Waals surface area contributed by atoms with Gasteiger partial charge in [0.2, 0.25) is 0 Å². The Morgan fingerprint density at radius 1 is 0.946 bits per heavy atom. The number of benzene rings is 3. The molecule has 1 aromatic heterocycles. The summed E-state index contributed by atoms with van der Waals surface area (Å²) in [5.74, 6) is 0.557. The van der Waals surface area contributed by atoms with Crippen LogP contribution in [-0.4, -0.2) is 27.9 Å². The van der Waals surface area contributed by atoms with Crippen LogP contribution in [0.15, 0.2) is 108 Å². The number of aromatic nitrogens is 1. The van der Waals surface area contributed by atoms with Crippen LogP contribution >= 0.6 is 11.8 Å². The van der Waals surface area contributed by atoms with Crippen molar-refractivity contribution < 1.29 is 19.4 Å². The van der Waals surface area contributed by atoms with Gasteiger partial charge in [-0.3, -0.25) is 9.78 Å². The summed E-state index contributed by atoms with van der Waals surface area (Å²) in [4.78, 5) is 17.8. The van der Waals surface area contributed by atoms with E-state index >= 15 is 0 Å². The molecule has 1 aliphatic heterocycles. The van der Waals surface area contributed by atoms with Crippen LogP contribution in [0.2, 0.25) is 0 Å². The molecule has 7 heteroatoms. The lowest BCUT2D eigenvalue weighted by atomic mass is 10.0. The summed E-state index contributed by atoms with van der Waals surface area (Å²) >= 11 is 1.76. The lowest BCUT2D eigenvalue weighted by molar-refractivity contribution is -0.245. The van der Waals surface area contributed by atoms with E-state index in [4.69, 9.17) is 9.47 Å². The Labute approximate surface area is 220 Å². The number of thioether (sulfide) groups is 1. The normalized spacial score (nSPS) is 19.3. The van der Waals surface area contributed by atoms with E-state index in [0.29, 0.717) is 17.7 Å². The minimum absolute atomic E-state index is 0.00539. The molecule has 2 heterocycles. The molecule has 0 aliphatic carbocycles. The number of hydrogen-bond acceptors (Lipinski definition) is 6. The molecule has 2 N–H and O–H groups in total. The van der Waals surface area contributed by atoms with Crippen LogP contribution in [0, 0.1) is 0 Å². The summed E-state index contributed by atoms with van der Waals surface area (Å²) in [7, 11) is 0. The smallest absolute Gasteiger partial charge is 0.257 e. The van der Waals surface area contributed by atoms with Crippen LogP contribution in [0.3, 0.4) is 0 Å². The van der Waals surface area contributed by atoms with Crippen molar-refractivity contribution in [2.75, 3.05) is 11.1 Å². The topological polar surface area (TPSA) is 80.7 Å². The maximum atomic E-state index is 12.6. The number of carbonyl (C=O) groups is 1. The molecule has 0 bridgehead atoms. The zero-order valence-corrected chi connectivity index (χ0v) is 21.0. The van der Waals surface area contributed by atoms with E-state index in [1.165, 1.54) is 11.1 Å². The first-order valence-electron chi connectivity index (χ1n) is 12.2. The SMILES string of the molecule is O=C(Nc1cccc([C@@H]2O[C@H](CSc3ccccc3)C[C@H](c3ccc(CO)cc3)O2)c1)c1cccnc1. The van der Waals surface area contributed by atoms with Gasteiger partial charge in [-0.25, -0.2) is 0 Å². The maximum absolute atomic E-state index is 12.6. The fraction of sp³-hybridized carbons (Fsp3) is 0.200. The van der Waals surface area contributed by atoms with Crippen molar-refractivity contribution in [2.45, 2.75) is 36.4 Å². The van der Waals surface area contributed by atoms with Crippen LogP contribution in [0.4, 0.5) is 5.69 Å². The summed E-state index contributed by atoms with van der Waals surface area (Å²) in [6, 6.07) is 29.1. The van der Waals surface area contributed by atoms with Gasteiger partial charge in [0.05, 0.1) is 24.4 Å². The van der Waals surface area contributed by atoms with Crippen LogP contribution in [0.5, 0.6) is 0 Å². The summed E-state index contributed by atoms with van der Waals surface area (Å²) in [6.45, 7) is 0.00539. The van der Waals surface area contributed by atoms with Crippen molar-refractivity contribution >= 4 is 23.4 Å². The van der Waals surface area contributed by atoms with Gasteiger partial charge in [-0.2, -0.15) is 0 Å². The zero-order valence-electron chi connectivity index (χ0n) is 20.2. The number of pyridine rings is 1. The van der Waals surface area contributed by atoms with Crippen molar-refractivity contribution in [3.8, 4) is 0 Å². The van der Waals surface area contributed by atoms with Crippen LogP contribution in [-0.2, 0) is 16.1 Å². The molecule has 188 valence electrons. The number of aliphatic hydroxyl groups is 1. The number of aliphatic hydroxyl groups excluding tert-OH is 1. The summed E-state index contributed by atoms with van der Waals surface area (Å²) in [6.07, 6.45) is 3.09. The highest BCUT2D eigenvalue weighted by molar-refractivity contribution is 7.99. The number of anilines is 1. The lowest BCUT2D eigenvalue weighted by Crippen LogP contribution is -2.31. The van der Waals surface area contributed by atoms with E-state index in [9.17, 15) is 9.90 Å². The minimum atomic E-state index is -0.590. The molecule has 6 nitrogen and oxygen atoms in total. The average molecular weight is 513 g/mol. The third-order valence-electron chi connectivity index (χ3n) is 6.13. The van der Waals surface area contributed by atoms with Crippen molar-refractivity contribution in [3.05, 3.63) is 126 Å². The maximum Gasteiger partial charge on any atom is 0.257 e. The first kappa shape index (κ1) is 25.2. The molecule has 0 spiro atoms. The second-order valence-electron chi connectivity index (χ2n) is 8.80. The molecule has 37 heavy (non-hydrogen) atoms. The quantitative estimate of drug-likeness (QED) is 0.275. The molecule has 0 saturated carbocycles. The Bertz CT molecular complexity index is 1300. The third kappa shape index (κ3) is 6.64. The Balaban J connectivity index is 1.35. The number of hydrogen-bond donors (Lipinski definition) is 2. The summed E-state index contributed by atoms with van der Waals surface area (Å²) < 4.78 is 12.9. The van der Waals surface area contributed by atoms with Gasteiger partial charge in [-0.1, -0.05) is 54.6 Å². The first-order chi connectivity index (χ1) is 18.2. The molecule has 1 amide bonds. The van der Waals surface area contributed by atoms with E-state index in [-0.39, 0.29) is 24.7 Å². The van der Waals surface area contributed by atoms with Gasteiger partial charge < -0.3 is 19.9 Å². The van der Waals surface area contributed by atoms with E-state index < -0.39 is 6.29 Å². The standard InChI is InChI=1S/C30H28N2O4S/c33-19-21-11-13-22(14-12-21)28-17-26(20-37-27-9-2-1-3-10-27)35-30(36-28)23-6-4-8-25(16-23)32-29(34)24-7-5-15-31-18-24/h1-16,18,26,28,30,33H,17,19-20H2,(H,32,34)/t26-,28+,30+/m0/s1.